The van der Waals surface area contributed by atoms with Crippen molar-refractivity contribution in [3.63, 3.8) is 0 Å². The van der Waals surface area contributed by atoms with E-state index in [9.17, 15) is 18.0 Å². The second kappa shape index (κ2) is 12.0. The summed E-state index contributed by atoms with van der Waals surface area (Å²) < 4.78 is 29.0. The highest BCUT2D eigenvalue weighted by atomic mass is 32.2. The molecule has 1 N–H and O–H groups in total. The van der Waals surface area contributed by atoms with Crippen molar-refractivity contribution in [1.82, 2.24) is 10.2 Å². The monoisotopic (exact) mass is 549 g/mol. The van der Waals surface area contributed by atoms with E-state index in [1.807, 2.05) is 71.9 Å². The van der Waals surface area contributed by atoms with Crippen molar-refractivity contribution in [3.8, 4) is 0 Å². The smallest absolute Gasteiger partial charge is 0.264 e. The van der Waals surface area contributed by atoms with Gasteiger partial charge in [-0.2, -0.15) is 0 Å². The van der Waals surface area contributed by atoms with Gasteiger partial charge >= 0.3 is 0 Å². The molecule has 1 unspecified atom stereocenters. The fraction of sp³-hybridized carbons (Fsp3) is 0.355. The SMILES string of the molecule is Cc1cccc(CN(C(=O)CN(c2cccc(C)c2C)S(=O)(=O)c2ccccc2)C(C)C(=O)NC(C)(C)C)c1. The maximum absolute atomic E-state index is 14.0. The Morgan fingerprint density at radius 3 is 2.15 bits per heavy atom. The third kappa shape index (κ3) is 7.47. The van der Waals surface area contributed by atoms with Crippen molar-refractivity contribution in [3.05, 3.63) is 95.1 Å². The Hall–Kier alpha value is -3.65. The first-order chi connectivity index (χ1) is 18.2. The topological polar surface area (TPSA) is 86.8 Å². The molecule has 7 nitrogen and oxygen atoms in total. The molecule has 1 atom stereocenters. The molecule has 0 saturated carbocycles. The summed E-state index contributed by atoms with van der Waals surface area (Å²) in [7, 11) is -4.09. The normalized spacial score (nSPS) is 12.5. The van der Waals surface area contributed by atoms with Gasteiger partial charge in [0, 0.05) is 12.1 Å². The molecule has 2 amide bonds. The maximum Gasteiger partial charge on any atom is 0.264 e. The van der Waals surface area contributed by atoms with Crippen LogP contribution < -0.4 is 9.62 Å². The van der Waals surface area contributed by atoms with E-state index >= 15 is 0 Å². The highest BCUT2D eigenvalue weighted by Crippen LogP contribution is 2.29. The lowest BCUT2D eigenvalue weighted by molar-refractivity contribution is -0.140. The quantitative estimate of drug-likeness (QED) is 0.401. The van der Waals surface area contributed by atoms with Crippen molar-refractivity contribution < 1.29 is 18.0 Å². The van der Waals surface area contributed by atoms with Gasteiger partial charge in [0.05, 0.1) is 10.6 Å². The van der Waals surface area contributed by atoms with Crippen molar-refractivity contribution in [2.75, 3.05) is 10.8 Å². The minimum Gasteiger partial charge on any atom is -0.350 e. The van der Waals surface area contributed by atoms with Gasteiger partial charge in [-0.1, -0.05) is 60.2 Å². The molecule has 0 bridgehead atoms. The Labute approximate surface area is 232 Å². The summed E-state index contributed by atoms with van der Waals surface area (Å²) in [6, 6.07) is 20.3. The Balaban J connectivity index is 2.07. The zero-order valence-corrected chi connectivity index (χ0v) is 24.7. The first-order valence-electron chi connectivity index (χ1n) is 13.0. The molecule has 0 radical (unpaired) electrons. The molecule has 0 heterocycles. The lowest BCUT2D eigenvalue weighted by Gasteiger charge is -2.34. The Morgan fingerprint density at radius 1 is 0.897 bits per heavy atom. The van der Waals surface area contributed by atoms with Crippen LogP contribution in [0.2, 0.25) is 0 Å². The molecule has 0 aliphatic carbocycles. The molecule has 3 aromatic rings. The van der Waals surface area contributed by atoms with Crippen molar-refractivity contribution in [1.29, 1.82) is 0 Å². The summed E-state index contributed by atoms with van der Waals surface area (Å²) >= 11 is 0. The minimum absolute atomic E-state index is 0.0856. The van der Waals surface area contributed by atoms with Crippen LogP contribution in [0.15, 0.2) is 77.7 Å². The number of rotatable bonds is 9. The van der Waals surface area contributed by atoms with Crippen LogP contribution in [0.1, 0.15) is 49.9 Å². The van der Waals surface area contributed by atoms with Crippen LogP contribution in [0, 0.1) is 20.8 Å². The predicted octanol–water partition coefficient (Wildman–Crippen LogP) is 5.14. The molecule has 0 aromatic heterocycles. The van der Waals surface area contributed by atoms with Gasteiger partial charge in [-0.15, -0.1) is 0 Å². The summed E-state index contributed by atoms with van der Waals surface area (Å²) in [6.07, 6.45) is 0. The van der Waals surface area contributed by atoms with Gasteiger partial charge in [0.15, 0.2) is 0 Å². The molecule has 0 aliphatic rings. The average molecular weight is 550 g/mol. The third-order valence-electron chi connectivity index (χ3n) is 6.56. The number of anilines is 1. The molecule has 3 aromatic carbocycles. The highest BCUT2D eigenvalue weighted by molar-refractivity contribution is 7.92. The fourth-order valence-electron chi connectivity index (χ4n) is 4.30. The van der Waals surface area contributed by atoms with Gasteiger partial charge in [-0.05, 0) is 83.4 Å². The summed E-state index contributed by atoms with van der Waals surface area (Å²) in [6.45, 7) is 12.7. The van der Waals surface area contributed by atoms with Crippen LogP contribution in [-0.4, -0.2) is 43.3 Å². The van der Waals surface area contributed by atoms with Crippen LogP contribution in [0.4, 0.5) is 5.69 Å². The number of nitrogens with one attached hydrogen (secondary N) is 1. The van der Waals surface area contributed by atoms with E-state index in [4.69, 9.17) is 0 Å². The number of nitrogens with zero attached hydrogens (tertiary/aromatic N) is 2. The van der Waals surface area contributed by atoms with E-state index in [1.165, 1.54) is 17.0 Å². The third-order valence-corrected chi connectivity index (χ3v) is 8.33. The van der Waals surface area contributed by atoms with Gasteiger partial charge < -0.3 is 10.2 Å². The second-order valence-electron chi connectivity index (χ2n) is 11.0. The van der Waals surface area contributed by atoms with Gasteiger partial charge in [-0.3, -0.25) is 13.9 Å². The molecule has 0 saturated heterocycles. The molecule has 3 rings (SSSR count). The Bertz CT molecular complexity index is 1430. The number of sulfonamides is 1. The maximum atomic E-state index is 14.0. The molecular weight excluding hydrogens is 510 g/mol. The molecule has 0 aliphatic heterocycles. The van der Waals surface area contributed by atoms with Gasteiger partial charge in [-0.25, -0.2) is 8.42 Å². The standard InChI is InChI=1S/C31H39N3O4S/c1-22-13-11-15-26(19-22)20-33(25(4)30(36)32-31(5,6)7)29(35)21-34(28-18-12-14-23(2)24(28)3)39(37,38)27-16-9-8-10-17-27/h8-19,25H,20-21H2,1-7H3,(H,32,36). The predicted molar refractivity (Wildman–Crippen MR) is 156 cm³/mol. The summed E-state index contributed by atoms with van der Waals surface area (Å²) in [5, 5.41) is 2.94. The summed E-state index contributed by atoms with van der Waals surface area (Å²) in [5.74, 6) is -0.791. The zero-order chi connectivity index (χ0) is 29.0. The van der Waals surface area contributed by atoms with Crippen LogP contribution in [0.3, 0.4) is 0 Å². The number of hydrogen-bond donors (Lipinski definition) is 1. The summed E-state index contributed by atoms with van der Waals surface area (Å²) in [4.78, 5) is 28.8. The molecule has 0 spiro atoms. The summed E-state index contributed by atoms with van der Waals surface area (Å²) in [5.41, 5.74) is 3.47. The Kier molecular flexibility index (Phi) is 9.22. The van der Waals surface area contributed by atoms with Crippen LogP contribution >= 0.6 is 0 Å². The van der Waals surface area contributed by atoms with Gasteiger partial charge in [0.1, 0.15) is 12.6 Å². The fourth-order valence-corrected chi connectivity index (χ4v) is 5.80. The number of amides is 2. The number of carbonyl (C=O) groups excluding carboxylic acids is 2. The lowest BCUT2D eigenvalue weighted by Crippen LogP contribution is -2.54. The minimum atomic E-state index is -4.09. The lowest BCUT2D eigenvalue weighted by atomic mass is 10.1. The van der Waals surface area contributed by atoms with Crippen LogP contribution in [0.25, 0.3) is 0 Å². The van der Waals surface area contributed by atoms with E-state index in [0.29, 0.717) is 5.69 Å². The first kappa shape index (κ1) is 29.9. The zero-order valence-electron chi connectivity index (χ0n) is 23.9. The van der Waals surface area contributed by atoms with Crippen LogP contribution in [0.5, 0.6) is 0 Å². The number of aryl methyl sites for hydroxylation is 2. The molecule has 39 heavy (non-hydrogen) atoms. The van der Waals surface area contributed by atoms with Gasteiger partial charge in [0.25, 0.3) is 10.0 Å². The highest BCUT2D eigenvalue weighted by Gasteiger charge is 2.34. The second-order valence-corrected chi connectivity index (χ2v) is 12.8. The van der Waals surface area contributed by atoms with E-state index in [0.717, 1.165) is 26.6 Å². The molecular formula is C31H39N3O4S. The Morgan fingerprint density at radius 2 is 1.54 bits per heavy atom. The molecule has 208 valence electrons. The van der Waals surface area contributed by atoms with Crippen molar-refractivity contribution in [2.45, 2.75) is 71.5 Å². The van der Waals surface area contributed by atoms with Crippen molar-refractivity contribution in [2.24, 2.45) is 0 Å². The van der Waals surface area contributed by atoms with E-state index < -0.39 is 34.1 Å². The molecule has 0 fully saturated rings. The van der Waals surface area contributed by atoms with Gasteiger partial charge in [0.2, 0.25) is 11.8 Å². The largest absolute Gasteiger partial charge is 0.350 e. The van der Waals surface area contributed by atoms with Crippen LogP contribution in [-0.2, 0) is 26.2 Å². The average Bonchev–Trinajstić information content (AvgIpc) is 2.86. The number of benzene rings is 3. The number of carbonyl (C=O) groups is 2. The molecule has 8 heteroatoms. The van der Waals surface area contributed by atoms with Crippen molar-refractivity contribution >= 4 is 27.5 Å². The first-order valence-corrected chi connectivity index (χ1v) is 14.5. The van der Waals surface area contributed by atoms with E-state index in [1.54, 1.807) is 37.3 Å². The van der Waals surface area contributed by atoms with E-state index in [2.05, 4.69) is 5.32 Å². The van der Waals surface area contributed by atoms with E-state index in [-0.39, 0.29) is 17.3 Å². The number of hydrogen-bond acceptors (Lipinski definition) is 4.